The number of thioether (sulfide) groups is 1. The van der Waals surface area contributed by atoms with Gasteiger partial charge in [0, 0.05) is 11.5 Å². The highest BCUT2D eigenvalue weighted by Crippen LogP contribution is 2.40. The number of halogens is 2. The Balaban J connectivity index is 1.35. The molecule has 7 nitrogen and oxygen atoms in total. The van der Waals surface area contributed by atoms with Crippen molar-refractivity contribution in [2.45, 2.75) is 30.5 Å². The summed E-state index contributed by atoms with van der Waals surface area (Å²) in [4.78, 5) is 28.9. The average Bonchev–Trinajstić information content (AvgIpc) is 3.52. The maximum Gasteiger partial charge on any atom is 0.387 e. The predicted molar refractivity (Wildman–Crippen MR) is 110 cm³/mol. The lowest BCUT2D eigenvalue weighted by atomic mass is 10.2. The summed E-state index contributed by atoms with van der Waals surface area (Å²) in [6, 6.07) is 14.7. The first kappa shape index (κ1) is 21.0. The first-order valence-electron chi connectivity index (χ1n) is 9.54. The van der Waals surface area contributed by atoms with Crippen LogP contribution in [0.4, 0.5) is 8.78 Å². The molecule has 31 heavy (non-hydrogen) atoms. The Labute approximate surface area is 180 Å². The van der Waals surface area contributed by atoms with Crippen molar-refractivity contribution in [3.8, 4) is 11.4 Å². The third-order valence-corrected chi connectivity index (χ3v) is 5.32. The normalized spacial score (nSPS) is 13.3. The van der Waals surface area contributed by atoms with Gasteiger partial charge in [-0.3, -0.25) is 14.9 Å². The third kappa shape index (κ3) is 5.46. The topological polar surface area (TPSA) is 86.1 Å². The number of imide groups is 1. The summed E-state index contributed by atoms with van der Waals surface area (Å²) >= 11 is 1.14. The standard InChI is InChI=1S/C21H18F2N4O3S/c22-20(23)30-16-10-8-14(9-11-16)19(29)24-17(28)12-31-21-25-18(13-6-7-13)27(26-21)15-4-2-1-3-5-15/h1-5,8-11,13,20H,6-7,12H2,(H,24,28,29). The molecule has 1 aliphatic rings. The smallest absolute Gasteiger partial charge is 0.387 e. The van der Waals surface area contributed by atoms with Crippen LogP contribution in [0.5, 0.6) is 5.75 Å². The molecule has 2 amide bonds. The molecular weight excluding hydrogens is 426 g/mol. The summed E-state index contributed by atoms with van der Waals surface area (Å²) in [5, 5.41) is 7.24. The molecule has 10 heteroatoms. The van der Waals surface area contributed by atoms with E-state index in [4.69, 9.17) is 0 Å². The summed E-state index contributed by atoms with van der Waals surface area (Å²) in [6.45, 7) is -2.95. The summed E-state index contributed by atoms with van der Waals surface area (Å²) in [5.74, 6) is -0.00496. The number of carbonyl (C=O) groups is 2. The molecule has 3 aromatic rings. The van der Waals surface area contributed by atoms with E-state index in [0.717, 1.165) is 36.1 Å². The van der Waals surface area contributed by atoms with Crippen molar-refractivity contribution >= 4 is 23.6 Å². The largest absolute Gasteiger partial charge is 0.435 e. The predicted octanol–water partition coefficient (Wildman–Crippen LogP) is 3.79. The lowest BCUT2D eigenvalue weighted by Crippen LogP contribution is -2.31. The second kappa shape index (κ2) is 9.25. The fraction of sp³-hybridized carbons (Fsp3) is 0.238. The number of para-hydroxylation sites is 1. The number of amides is 2. The van der Waals surface area contributed by atoms with Crippen LogP contribution in [0.1, 0.15) is 34.9 Å². The summed E-state index contributed by atoms with van der Waals surface area (Å²) in [5.41, 5.74) is 1.06. The van der Waals surface area contributed by atoms with E-state index in [9.17, 15) is 18.4 Å². The number of ether oxygens (including phenoxy) is 1. The monoisotopic (exact) mass is 444 g/mol. The van der Waals surface area contributed by atoms with Crippen molar-refractivity contribution in [3.05, 3.63) is 66.0 Å². The molecule has 1 aliphatic carbocycles. The van der Waals surface area contributed by atoms with Gasteiger partial charge in [-0.25, -0.2) is 9.67 Å². The fourth-order valence-corrected chi connectivity index (χ4v) is 3.51. The van der Waals surface area contributed by atoms with Gasteiger partial charge in [0.15, 0.2) is 0 Å². The van der Waals surface area contributed by atoms with Crippen LogP contribution in [-0.4, -0.2) is 38.9 Å². The number of carbonyl (C=O) groups excluding carboxylic acids is 2. The molecule has 1 fully saturated rings. The highest BCUT2D eigenvalue weighted by atomic mass is 32.2. The molecule has 0 atom stereocenters. The van der Waals surface area contributed by atoms with E-state index in [-0.39, 0.29) is 17.1 Å². The van der Waals surface area contributed by atoms with Crippen LogP contribution in [0, 0.1) is 0 Å². The molecule has 0 unspecified atom stereocenters. The van der Waals surface area contributed by atoms with Gasteiger partial charge in [0.05, 0.1) is 11.4 Å². The van der Waals surface area contributed by atoms with Crippen LogP contribution in [0.15, 0.2) is 59.8 Å². The van der Waals surface area contributed by atoms with E-state index in [1.165, 1.54) is 24.3 Å². The molecule has 1 saturated carbocycles. The Bertz CT molecular complexity index is 1070. The number of aromatic nitrogens is 3. The Morgan fingerprint density at radius 2 is 1.84 bits per heavy atom. The van der Waals surface area contributed by atoms with Crippen LogP contribution >= 0.6 is 11.8 Å². The first-order valence-corrected chi connectivity index (χ1v) is 10.5. The molecule has 0 bridgehead atoms. The van der Waals surface area contributed by atoms with E-state index in [1.54, 1.807) is 4.68 Å². The van der Waals surface area contributed by atoms with Crippen molar-refractivity contribution in [1.29, 1.82) is 0 Å². The highest BCUT2D eigenvalue weighted by Gasteiger charge is 2.30. The Morgan fingerprint density at radius 3 is 2.48 bits per heavy atom. The minimum absolute atomic E-state index is 0.0404. The minimum atomic E-state index is -2.95. The van der Waals surface area contributed by atoms with Crippen LogP contribution in [0.3, 0.4) is 0 Å². The quantitative estimate of drug-likeness (QED) is 0.532. The number of hydrogen-bond donors (Lipinski definition) is 1. The van der Waals surface area contributed by atoms with Crippen LogP contribution in [0.2, 0.25) is 0 Å². The van der Waals surface area contributed by atoms with E-state index in [0.29, 0.717) is 11.1 Å². The van der Waals surface area contributed by atoms with Crippen LogP contribution in [-0.2, 0) is 4.79 Å². The zero-order valence-electron chi connectivity index (χ0n) is 16.2. The van der Waals surface area contributed by atoms with Crippen molar-refractivity contribution in [1.82, 2.24) is 20.1 Å². The molecule has 0 saturated heterocycles. The molecule has 1 N–H and O–H groups in total. The molecule has 2 aromatic carbocycles. The van der Waals surface area contributed by atoms with Gasteiger partial charge in [0.25, 0.3) is 5.91 Å². The van der Waals surface area contributed by atoms with Crippen LogP contribution in [0.25, 0.3) is 5.69 Å². The number of alkyl halides is 2. The highest BCUT2D eigenvalue weighted by molar-refractivity contribution is 7.99. The molecule has 160 valence electrons. The third-order valence-electron chi connectivity index (χ3n) is 4.48. The second-order valence-electron chi connectivity index (χ2n) is 6.84. The fourth-order valence-electron chi connectivity index (χ4n) is 2.88. The SMILES string of the molecule is O=C(CSc1nc(C2CC2)n(-c2ccccc2)n1)NC(=O)c1ccc(OC(F)F)cc1. The van der Waals surface area contributed by atoms with Crippen molar-refractivity contribution in [3.63, 3.8) is 0 Å². The number of hydrogen-bond acceptors (Lipinski definition) is 6. The summed E-state index contributed by atoms with van der Waals surface area (Å²) in [6.07, 6.45) is 2.12. The van der Waals surface area contributed by atoms with Crippen molar-refractivity contribution < 1.29 is 23.1 Å². The van der Waals surface area contributed by atoms with E-state index in [2.05, 4.69) is 20.1 Å². The number of nitrogens with zero attached hydrogens (tertiary/aromatic N) is 3. The number of rotatable bonds is 8. The molecular formula is C21H18F2N4O3S. The molecule has 0 radical (unpaired) electrons. The van der Waals surface area contributed by atoms with Gasteiger partial charge in [-0.15, -0.1) is 5.10 Å². The van der Waals surface area contributed by atoms with E-state index >= 15 is 0 Å². The Kier molecular flexibility index (Phi) is 6.26. The Morgan fingerprint density at radius 1 is 1.13 bits per heavy atom. The Hall–Kier alpha value is -3.27. The molecule has 4 rings (SSSR count). The maximum absolute atomic E-state index is 12.2. The van der Waals surface area contributed by atoms with Gasteiger partial charge >= 0.3 is 6.61 Å². The van der Waals surface area contributed by atoms with Gasteiger partial charge in [-0.05, 0) is 49.2 Å². The average molecular weight is 444 g/mol. The lowest BCUT2D eigenvalue weighted by molar-refractivity contribution is -0.117. The van der Waals surface area contributed by atoms with Gasteiger partial charge < -0.3 is 4.74 Å². The zero-order valence-corrected chi connectivity index (χ0v) is 17.0. The number of benzene rings is 2. The first-order chi connectivity index (χ1) is 15.0. The minimum Gasteiger partial charge on any atom is -0.435 e. The van der Waals surface area contributed by atoms with Crippen molar-refractivity contribution in [2.24, 2.45) is 0 Å². The second-order valence-corrected chi connectivity index (χ2v) is 7.79. The molecule has 0 aliphatic heterocycles. The van der Waals surface area contributed by atoms with Crippen LogP contribution < -0.4 is 10.1 Å². The van der Waals surface area contributed by atoms with Gasteiger partial charge in [-0.2, -0.15) is 8.78 Å². The maximum atomic E-state index is 12.2. The lowest BCUT2D eigenvalue weighted by Gasteiger charge is -2.06. The summed E-state index contributed by atoms with van der Waals surface area (Å²) in [7, 11) is 0. The van der Waals surface area contributed by atoms with Gasteiger partial charge in [0.2, 0.25) is 11.1 Å². The number of nitrogens with one attached hydrogen (secondary N) is 1. The summed E-state index contributed by atoms with van der Waals surface area (Å²) < 4.78 is 30.4. The molecule has 0 spiro atoms. The van der Waals surface area contributed by atoms with Gasteiger partial charge in [-0.1, -0.05) is 30.0 Å². The zero-order chi connectivity index (χ0) is 21.8. The van der Waals surface area contributed by atoms with E-state index in [1.807, 2.05) is 30.3 Å². The van der Waals surface area contributed by atoms with Gasteiger partial charge in [0.1, 0.15) is 11.6 Å². The molecule has 1 heterocycles. The van der Waals surface area contributed by atoms with Crippen molar-refractivity contribution in [2.75, 3.05) is 5.75 Å². The molecule has 1 aromatic heterocycles. The van der Waals surface area contributed by atoms with E-state index < -0.39 is 18.4 Å².